The summed E-state index contributed by atoms with van der Waals surface area (Å²) < 4.78 is 0. The molecule has 0 aromatic heterocycles. The molecule has 1 aliphatic heterocycles. The van der Waals surface area contributed by atoms with Crippen molar-refractivity contribution in [3.8, 4) is 0 Å². The van der Waals surface area contributed by atoms with Crippen molar-refractivity contribution in [2.24, 2.45) is 0 Å². The van der Waals surface area contributed by atoms with E-state index in [-0.39, 0.29) is 12.5 Å². The number of aliphatic hydroxyl groups excluding tert-OH is 2. The number of rotatable bonds is 2. The van der Waals surface area contributed by atoms with Gasteiger partial charge in [0.15, 0.2) is 0 Å². The average molecular weight is 229 g/mol. The molecule has 1 saturated heterocycles. The van der Waals surface area contributed by atoms with Crippen molar-refractivity contribution in [1.29, 1.82) is 0 Å². The van der Waals surface area contributed by atoms with Crippen LogP contribution in [0.3, 0.4) is 0 Å². The summed E-state index contributed by atoms with van der Waals surface area (Å²) in [6.07, 6.45) is 2.86. The standard InChI is InChI=1S/C11H19NO4/c13-7-5-9(11(15)16)12(6-7)8-3-1-2-4-10(8)14/h7-10,13-14H,1-6H2,(H,15,16)/t7-,8+,9+,10-/m1/s1. The van der Waals surface area contributed by atoms with Crippen LogP contribution in [0.1, 0.15) is 32.1 Å². The van der Waals surface area contributed by atoms with Crippen LogP contribution in [-0.2, 0) is 4.79 Å². The summed E-state index contributed by atoms with van der Waals surface area (Å²) in [5, 5.41) is 28.5. The van der Waals surface area contributed by atoms with Crippen LogP contribution in [0.15, 0.2) is 0 Å². The molecule has 1 aliphatic carbocycles. The summed E-state index contributed by atoms with van der Waals surface area (Å²) in [6, 6.07) is -0.722. The Labute approximate surface area is 94.7 Å². The van der Waals surface area contributed by atoms with E-state index in [1.807, 2.05) is 0 Å². The molecule has 1 heterocycles. The van der Waals surface area contributed by atoms with Crippen LogP contribution in [0, 0.1) is 0 Å². The van der Waals surface area contributed by atoms with Crippen LogP contribution in [0.2, 0.25) is 0 Å². The number of carboxylic acids is 1. The van der Waals surface area contributed by atoms with Gasteiger partial charge in [-0.2, -0.15) is 0 Å². The molecule has 92 valence electrons. The first-order valence-electron chi connectivity index (χ1n) is 5.94. The zero-order valence-corrected chi connectivity index (χ0v) is 9.25. The van der Waals surface area contributed by atoms with Gasteiger partial charge in [0.1, 0.15) is 6.04 Å². The van der Waals surface area contributed by atoms with E-state index in [0.29, 0.717) is 6.54 Å². The predicted octanol–water partition coefficient (Wildman–Crippen LogP) is -0.190. The lowest BCUT2D eigenvalue weighted by Crippen LogP contribution is -2.50. The van der Waals surface area contributed by atoms with E-state index >= 15 is 0 Å². The van der Waals surface area contributed by atoms with Gasteiger partial charge in [-0.3, -0.25) is 9.69 Å². The molecule has 0 spiro atoms. The highest BCUT2D eigenvalue weighted by Gasteiger charge is 2.42. The number of carboxylic acid groups (broad SMARTS) is 1. The van der Waals surface area contributed by atoms with Crippen molar-refractivity contribution in [2.45, 2.75) is 56.4 Å². The van der Waals surface area contributed by atoms with Crippen molar-refractivity contribution < 1.29 is 20.1 Å². The third-order valence-corrected chi connectivity index (χ3v) is 3.72. The monoisotopic (exact) mass is 229 g/mol. The second-order valence-corrected chi connectivity index (χ2v) is 4.86. The topological polar surface area (TPSA) is 81.0 Å². The molecule has 0 aromatic rings. The molecular weight excluding hydrogens is 210 g/mol. The van der Waals surface area contributed by atoms with Gasteiger partial charge >= 0.3 is 5.97 Å². The van der Waals surface area contributed by atoms with Gasteiger partial charge in [0.2, 0.25) is 0 Å². The van der Waals surface area contributed by atoms with Gasteiger partial charge < -0.3 is 15.3 Å². The summed E-state index contributed by atoms with van der Waals surface area (Å²) in [6.45, 7) is 0.374. The second kappa shape index (κ2) is 4.69. The van der Waals surface area contributed by atoms with Crippen molar-refractivity contribution in [2.75, 3.05) is 6.54 Å². The summed E-state index contributed by atoms with van der Waals surface area (Å²) in [4.78, 5) is 12.8. The number of aliphatic hydroxyl groups is 2. The summed E-state index contributed by atoms with van der Waals surface area (Å²) in [7, 11) is 0. The first-order valence-corrected chi connectivity index (χ1v) is 5.94. The Morgan fingerprint density at radius 2 is 1.88 bits per heavy atom. The lowest BCUT2D eigenvalue weighted by molar-refractivity contribution is -0.144. The van der Waals surface area contributed by atoms with Crippen molar-refractivity contribution >= 4 is 5.97 Å². The van der Waals surface area contributed by atoms with E-state index in [9.17, 15) is 15.0 Å². The highest BCUT2D eigenvalue weighted by molar-refractivity contribution is 5.74. The van der Waals surface area contributed by atoms with Crippen LogP contribution in [0.5, 0.6) is 0 Å². The molecule has 2 aliphatic rings. The molecule has 0 bridgehead atoms. The Morgan fingerprint density at radius 1 is 1.19 bits per heavy atom. The molecular formula is C11H19NO4. The predicted molar refractivity (Wildman–Crippen MR) is 57.0 cm³/mol. The first kappa shape index (κ1) is 11.8. The number of carbonyl (C=O) groups is 1. The lowest BCUT2D eigenvalue weighted by atomic mass is 9.91. The molecule has 2 fully saturated rings. The Morgan fingerprint density at radius 3 is 2.50 bits per heavy atom. The van der Waals surface area contributed by atoms with Crippen molar-refractivity contribution in [1.82, 2.24) is 4.90 Å². The average Bonchev–Trinajstić information content (AvgIpc) is 2.61. The van der Waals surface area contributed by atoms with Crippen LogP contribution < -0.4 is 0 Å². The fourth-order valence-corrected chi connectivity index (χ4v) is 2.93. The highest BCUT2D eigenvalue weighted by Crippen LogP contribution is 2.29. The number of likely N-dealkylation sites (tertiary alicyclic amines) is 1. The zero-order valence-electron chi connectivity index (χ0n) is 9.25. The second-order valence-electron chi connectivity index (χ2n) is 4.86. The maximum Gasteiger partial charge on any atom is 0.321 e. The Kier molecular flexibility index (Phi) is 3.47. The van der Waals surface area contributed by atoms with E-state index < -0.39 is 24.2 Å². The number of aliphatic carboxylic acids is 1. The Bertz CT molecular complexity index is 271. The van der Waals surface area contributed by atoms with E-state index in [1.54, 1.807) is 4.90 Å². The summed E-state index contributed by atoms with van der Waals surface area (Å²) in [5.41, 5.74) is 0. The van der Waals surface area contributed by atoms with Gasteiger partial charge in [-0.05, 0) is 12.8 Å². The maximum absolute atomic E-state index is 11.1. The number of nitrogens with zero attached hydrogens (tertiary/aromatic N) is 1. The van der Waals surface area contributed by atoms with Crippen molar-refractivity contribution in [3.05, 3.63) is 0 Å². The largest absolute Gasteiger partial charge is 0.480 e. The molecule has 0 amide bonds. The molecule has 3 N–H and O–H groups in total. The van der Waals surface area contributed by atoms with Gasteiger partial charge in [0, 0.05) is 19.0 Å². The smallest absolute Gasteiger partial charge is 0.321 e. The van der Waals surface area contributed by atoms with Gasteiger partial charge in [-0.25, -0.2) is 0 Å². The summed E-state index contributed by atoms with van der Waals surface area (Å²) in [5.74, 6) is -0.894. The zero-order chi connectivity index (χ0) is 11.7. The quantitative estimate of drug-likeness (QED) is 0.611. The SMILES string of the molecule is O=C(O)[C@@H]1C[C@@H](O)CN1[C@H]1CCCC[C@H]1O. The van der Waals surface area contributed by atoms with Gasteiger partial charge in [0.25, 0.3) is 0 Å². The third kappa shape index (κ3) is 2.21. The molecule has 16 heavy (non-hydrogen) atoms. The molecule has 0 aromatic carbocycles. The normalized spacial score (nSPS) is 41.1. The van der Waals surface area contributed by atoms with Crippen LogP contribution in [-0.4, -0.2) is 57.0 Å². The molecule has 4 atom stereocenters. The minimum atomic E-state index is -0.894. The third-order valence-electron chi connectivity index (χ3n) is 3.72. The maximum atomic E-state index is 11.1. The van der Waals surface area contributed by atoms with Crippen LogP contribution >= 0.6 is 0 Å². The molecule has 1 saturated carbocycles. The van der Waals surface area contributed by atoms with Crippen LogP contribution in [0.4, 0.5) is 0 Å². The van der Waals surface area contributed by atoms with Gasteiger partial charge in [0.05, 0.1) is 12.2 Å². The Balaban J connectivity index is 2.08. The number of hydrogen-bond donors (Lipinski definition) is 3. The van der Waals surface area contributed by atoms with Crippen LogP contribution in [0.25, 0.3) is 0 Å². The summed E-state index contributed by atoms with van der Waals surface area (Å²) >= 11 is 0. The number of hydrogen-bond acceptors (Lipinski definition) is 4. The fourth-order valence-electron chi connectivity index (χ4n) is 2.93. The van der Waals surface area contributed by atoms with Gasteiger partial charge in [-0.15, -0.1) is 0 Å². The Hall–Kier alpha value is -0.650. The van der Waals surface area contributed by atoms with Crippen molar-refractivity contribution in [3.63, 3.8) is 0 Å². The van der Waals surface area contributed by atoms with E-state index in [1.165, 1.54) is 0 Å². The fraction of sp³-hybridized carbons (Fsp3) is 0.909. The minimum Gasteiger partial charge on any atom is -0.480 e. The molecule has 5 nitrogen and oxygen atoms in total. The molecule has 0 radical (unpaired) electrons. The van der Waals surface area contributed by atoms with E-state index in [4.69, 9.17) is 5.11 Å². The molecule has 5 heteroatoms. The molecule has 0 unspecified atom stereocenters. The van der Waals surface area contributed by atoms with E-state index in [0.717, 1.165) is 25.7 Å². The minimum absolute atomic E-state index is 0.0907. The lowest BCUT2D eigenvalue weighted by Gasteiger charge is -2.37. The highest BCUT2D eigenvalue weighted by atomic mass is 16.4. The molecule has 2 rings (SSSR count). The number of β-amino-alcohol motifs (C(OH)–C–C–N with tert-alkyl or cyclic N) is 1. The van der Waals surface area contributed by atoms with E-state index in [2.05, 4.69) is 0 Å². The first-order chi connectivity index (χ1) is 7.59. The van der Waals surface area contributed by atoms with Gasteiger partial charge in [-0.1, -0.05) is 12.8 Å².